The first kappa shape index (κ1) is 14.3. The van der Waals surface area contributed by atoms with Crippen molar-refractivity contribution in [3.8, 4) is 5.75 Å². The van der Waals surface area contributed by atoms with Gasteiger partial charge in [0, 0.05) is 11.9 Å². The molecule has 1 N–H and O–H groups in total. The Morgan fingerprint density at radius 3 is 2.95 bits per heavy atom. The standard InChI is InChI=1S/C14H18BrNO3/c1-9-3-4-12(13(17)5-9)14(18)16-7-11(6-15)19-8-10(16)2/h3-5,10-11,17H,6-8H2,1-2H3. The fourth-order valence-corrected chi connectivity index (χ4v) is 2.56. The highest BCUT2D eigenvalue weighted by molar-refractivity contribution is 9.09. The molecule has 0 bridgehead atoms. The number of nitrogens with zero attached hydrogens (tertiary/aromatic N) is 1. The molecule has 2 unspecified atom stereocenters. The van der Waals surface area contributed by atoms with Gasteiger partial charge >= 0.3 is 0 Å². The van der Waals surface area contributed by atoms with Crippen LogP contribution in [-0.4, -0.2) is 46.5 Å². The van der Waals surface area contributed by atoms with Crippen LogP contribution in [-0.2, 0) is 4.74 Å². The van der Waals surface area contributed by atoms with E-state index in [-0.39, 0.29) is 23.8 Å². The molecule has 0 aliphatic carbocycles. The second-order valence-electron chi connectivity index (χ2n) is 4.94. The molecule has 104 valence electrons. The number of phenolic OH excluding ortho intramolecular Hbond substituents is 1. The minimum absolute atomic E-state index is 0.00717. The minimum atomic E-state index is -0.140. The molecule has 0 saturated carbocycles. The van der Waals surface area contributed by atoms with Crippen molar-refractivity contribution in [2.45, 2.75) is 26.0 Å². The van der Waals surface area contributed by atoms with Crippen LogP contribution in [0.1, 0.15) is 22.8 Å². The van der Waals surface area contributed by atoms with Gasteiger partial charge in [0.2, 0.25) is 0 Å². The first-order chi connectivity index (χ1) is 9.02. The van der Waals surface area contributed by atoms with Gasteiger partial charge in [-0.2, -0.15) is 0 Å². The number of benzene rings is 1. The molecule has 1 heterocycles. The van der Waals surface area contributed by atoms with Crippen LogP contribution in [0.25, 0.3) is 0 Å². The van der Waals surface area contributed by atoms with Gasteiger partial charge in [-0.15, -0.1) is 0 Å². The fourth-order valence-electron chi connectivity index (χ4n) is 2.17. The fraction of sp³-hybridized carbons (Fsp3) is 0.500. The van der Waals surface area contributed by atoms with E-state index in [0.29, 0.717) is 24.0 Å². The number of hydrogen-bond acceptors (Lipinski definition) is 3. The van der Waals surface area contributed by atoms with Crippen LogP contribution in [0.4, 0.5) is 0 Å². The van der Waals surface area contributed by atoms with Crippen LogP contribution in [0, 0.1) is 6.92 Å². The molecule has 0 aromatic heterocycles. The van der Waals surface area contributed by atoms with Crippen molar-refractivity contribution < 1.29 is 14.6 Å². The summed E-state index contributed by atoms with van der Waals surface area (Å²) in [6.45, 7) is 4.90. The summed E-state index contributed by atoms with van der Waals surface area (Å²) in [6.07, 6.45) is 0.00717. The number of hydrogen-bond donors (Lipinski definition) is 1. The number of phenols is 1. The van der Waals surface area contributed by atoms with Crippen LogP contribution >= 0.6 is 15.9 Å². The van der Waals surface area contributed by atoms with E-state index in [1.807, 2.05) is 19.9 Å². The number of aryl methyl sites for hydroxylation is 1. The number of ether oxygens (including phenoxy) is 1. The largest absolute Gasteiger partial charge is 0.507 e. The normalized spacial score (nSPS) is 23.4. The van der Waals surface area contributed by atoms with E-state index >= 15 is 0 Å². The van der Waals surface area contributed by atoms with E-state index in [1.54, 1.807) is 17.0 Å². The molecule has 5 heteroatoms. The average Bonchev–Trinajstić information content (AvgIpc) is 2.38. The van der Waals surface area contributed by atoms with Crippen LogP contribution in [0.2, 0.25) is 0 Å². The van der Waals surface area contributed by atoms with Gasteiger partial charge in [-0.25, -0.2) is 0 Å². The molecule has 1 aliphatic heterocycles. The first-order valence-electron chi connectivity index (χ1n) is 6.31. The van der Waals surface area contributed by atoms with E-state index in [2.05, 4.69) is 15.9 Å². The van der Waals surface area contributed by atoms with Crippen LogP contribution in [0.3, 0.4) is 0 Å². The lowest BCUT2D eigenvalue weighted by atomic mass is 10.1. The molecular weight excluding hydrogens is 310 g/mol. The van der Waals surface area contributed by atoms with Crippen molar-refractivity contribution in [3.05, 3.63) is 29.3 Å². The second kappa shape index (κ2) is 5.92. The lowest BCUT2D eigenvalue weighted by molar-refractivity contribution is -0.0362. The van der Waals surface area contributed by atoms with Gasteiger partial charge < -0.3 is 14.7 Å². The number of carbonyl (C=O) groups excluding carboxylic acids is 1. The summed E-state index contributed by atoms with van der Waals surface area (Å²) in [6, 6.07) is 5.14. The molecule has 4 nitrogen and oxygen atoms in total. The van der Waals surface area contributed by atoms with E-state index in [1.165, 1.54) is 0 Å². The van der Waals surface area contributed by atoms with Gasteiger partial charge in [-0.05, 0) is 31.5 Å². The Morgan fingerprint density at radius 2 is 2.32 bits per heavy atom. The van der Waals surface area contributed by atoms with Crippen LogP contribution in [0.5, 0.6) is 5.75 Å². The molecule has 1 aliphatic rings. The third-order valence-electron chi connectivity index (χ3n) is 3.32. The SMILES string of the molecule is Cc1ccc(C(=O)N2CC(CBr)OCC2C)c(O)c1. The molecule has 1 aromatic carbocycles. The molecule has 1 amide bonds. The number of aromatic hydroxyl groups is 1. The van der Waals surface area contributed by atoms with Gasteiger partial charge in [0.05, 0.1) is 24.3 Å². The van der Waals surface area contributed by atoms with Gasteiger partial charge in [-0.3, -0.25) is 4.79 Å². The maximum atomic E-state index is 12.5. The summed E-state index contributed by atoms with van der Waals surface area (Å²) in [5.41, 5.74) is 1.29. The van der Waals surface area contributed by atoms with Crippen molar-refractivity contribution in [1.29, 1.82) is 0 Å². The maximum absolute atomic E-state index is 12.5. The van der Waals surface area contributed by atoms with E-state index < -0.39 is 0 Å². The summed E-state index contributed by atoms with van der Waals surface area (Å²) in [7, 11) is 0. The smallest absolute Gasteiger partial charge is 0.258 e. The number of amides is 1. The third-order valence-corrected chi connectivity index (χ3v) is 4.04. The molecular formula is C14H18BrNO3. The summed E-state index contributed by atoms with van der Waals surface area (Å²) >= 11 is 3.38. The monoisotopic (exact) mass is 327 g/mol. The highest BCUT2D eigenvalue weighted by Crippen LogP contribution is 2.23. The van der Waals surface area contributed by atoms with Crippen molar-refractivity contribution in [2.75, 3.05) is 18.5 Å². The quantitative estimate of drug-likeness (QED) is 0.848. The minimum Gasteiger partial charge on any atom is -0.507 e. The summed E-state index contributed by atoms with van der Waals surface area (Å²) in [4.78, 5) is 14.3. The van der Waals surface area contributed by atoms with Gasteiger partial charge in [-0.1, -0.05) is 22.0 Å². The van der Waals surface area contributed by atoms with E-state index in [0.717, 1.165) is 5.56 Å². The molecule has 1 aromatic rings. The Kier molecular flexibility index (Phi) is 4.47. The summed E-state index contributed by atoms with van der Waals surface area (Å²) in [5, 5.41) is 10.6. The van der Waals surface area contributed by atoms with Gasteiger partial charge in [0.15, 0.2) is 0 Å². The predicted molar refractivity (Wildman–Crippen MR) is 76.9 cm³/mol. The Morgan fingerprint density at radius 1 is 1.58 bits per heavy atom. The maximum Gasteiger partial charge on any atom is 0.258 e. The molecule has 19 heavy (non-hydrogen) atoms. The lowest BCUT2D eigenvalue weighted by Gasteiger charge is -2.37. The molecule has 1 saturated heterocycles. The zero-order chi connectivity index (χ0) is 14.0. The number of rotatable bonds is 2. The molecule has 1 fully saturated rings. The van der Waals surface area contributed by atoms with E-state index in [9.17, 15) is 9.90 Å². The van der Waals surface area contributed by atoms with Crippen molar-refractivity contribution in [1.82, 2.24) is 4.90 Å². The topological polar surface area (TPSA) is 49.8 Å². The average molecular weight is 328 g/mol. The molecule has 2 rings (SSSR count). The highest BCUT2D eigenvalue weighted by atomic mass is 79.9. The molecule has 0 radical (unpaired) electrons. The molecule has 2 atom stereocenters. The number of morpholine rings is 1. The third kappa shape index (κ3) is 3.09. The predicted octanol–water partition coefficient (Wildman–Crippen LogP) is 2.33. The van der Waals surface area contributed by atoms with Gasteiger partial charge in [0.25, 0.3) is 5.91 Å². The Bertz CT molecular complexity index is 478. The van der Waals surface area contributed by atoms with Crippen molar-refractivity contribution in [3.63, 3.8) is 0 Å². The Balaban J connectivity index is 2.22. The highest BCUT2D eigenvalue weighted by Gasteiger charge is 2.30. The second-order valence-corrected chi connectivity index (χ2v) is 5.58. The summed E-state index contributed by atoms with van der Waals surface area (Å²) < 4.78 is 5.60. The number of alkyl halides is 1. The number of halogens is 1. The van der Waals surface area contributed by atoms with Crippen molar-refractivity contribution in [2.24, 2.45) is 0 Å². The molecule has 0 spiro atoms. The van der Waals surface area contributed by atoms with E-state index in [4.69, 9.17) is 4.74 Å². The van der Waals surface area contributed by atoms with Crippen molar-refractivity contribution >= 4 is 21.8 Å². The zero-order valence-electron chi connectivity index (χ0n) is 11.1. The zero-order valence-corrected chi connectivity index (χ0v) is 12.7. The number of carbonyl (C=O) groups is 1. The lowest BCUT2D eigenvalue weighted by Crippen LogP contribution is -2.51. The van der Waals surface area contributed by atoms with Crippen LogP contribution < -0.4 is 0 Å². The summed E-state index contributed by atoms with van der Waals surface area (Å²) in [5.74, 6) is -0.0988. The first-order valence-corrected chi connectivity index (χ1v) is 7.43. The Labute approximate surface area is 121 Å². The Hall–Kier alpha value is -1.07. The van der Waals surface area contributed by atoms with Crippen LogP contribution in [0.15, 0.2) is 18.2 Å². The van der Waals surface area contributed by atoms with Gasteiger partial charge in [0.1, 0.15) is 5.75 Å².